The third kappa shape index (κ3) is 3.40. The molecule has 1 fully saturated rings. The molecule has 106 valence electrons. The summed E-state index contributed by atoms with van der Waals surface area (Å²) in [6.45, 7) is 0.175. The van der Waals surface area contributed by atoms with E-state index in [2.05, 4.69) is 5.32 Å². The van der Waals surface area contributed by atoms with Crippen LogP contribution in [0.3, 0.4) is 0 Å². The second-order valence-corrected chi connectivity index (χ2v) is 4.56. The molecule has 1 N–H and O–H groups in total. The quantitative estimate of drug-likeness (QED) is 0.816. The number of likely N-dealkylation sites (tertiary alicyclic amines) is 1. The molecule has 6 heteroatoms. The molecule has 5 nitrogen and oxygen atoms in total. The monoisotopic (exact) mass is 278 g/mol. The minimum atomic E-state index is -0.377. The summed E-state index contributed by atoms with van der Waals surface area (Å²) in [6.07, 6.45) is 0.470. The van der Waals surface area contributed by atoms with Crippen molar-refractivity contribution in [2.24, 2.45) is 0 Å². The van der Waals surface area contributed by atoms with Crippen molar-refractivity contribution < 1.29 is 18.8 Å². The number of rotatable bonds is 5. The Morgan fingerprint density at radius 1 is 1.20 bits per heavy atom. The maximum atomic E-state index is 13.3. The Hall–Kier alpha value is -2.24. The fourth-order valence-electron chi connectivity index (χ4n) is 2.01. The zero-order valence-corrected chi connectivity index (χ0v) is 10.9. The molecule has 0 bridgehead atoms. The van der Waals surface area contributed by atoms with Gasteiger partial charge in [0.15, 0.2) is 0 Å². The van der Waals surface area contributed by atoms with Gasteiger partial charge in [0.2, 0.25) is 17.7 Å². The second-order valence-electron chi connectivity index (χ2n) is 4.56. The first-order chi connectivity index (χ1) is 9.58. The number of amides is 3. The SMILES string of the molecule is O=C(CCN1C(=O)CCC1=O)NCc1ccccc1F. The van der Waals surface area contributed by atoms with E-state index in [4.69, 9.17) is 0 Å². The van der Waals surface area contributed by atoms with Crippen LogP contribution in [0, 0.1) is 5.82 Å². The van der Waals surface area contributed by atoms with E-state index in [-0.39, 0.29) is 55.9 Å². The summed E-state index contributed by atoms with van der Waals surface area (Å²) >= 11 is 0. The zero-order chi connectivity index (χ0) is 14.5. The van der Waals surface area contributed by atoms with Crippen LogP contribution in [-0.4, -0.2) is 29.2 Å². The van der Waals surface area contributed by atoms with E-state index in [0.717, 1.165) is 4.90 Å². The molecule has 0 aromatic heterocycles. The number of halogens is 1. The molecule has 1 aliphatic rings. The number of carbonyl (C=O) groups excluding carboxylic acids is 3. The fraction of sp³-hybridized carbons (Fsp3) is 0.357. The van der Waals surface area contributed by atoms with Gasteiger partial charge in [-0.15, -0.1) is 0 Å². The van der Waals surface area contributed by atoms with Gasteiger partial charge in [0.25, 0.3) is 0 Å². The first-order valence-corrected chi connectivity index (χ1v) is 6.41. The van der Waals surface area contributed by atoms with Crippen molar-refractivity contribution in [2.45, 2.75) is 25.8 Å². The standard InChI is InChI=1S/C14H15FN2O3/c15-11-4-2-1-3-10(11)9-16-12(18)7-8-17-13(19)5-6-14(17)20/h1-4H,5-9H2,(H,16,18). The Balaban J connectivity index is 1.77. The van der Waals surface area contributed by atoms with Crippen LogP contribution in [0.4, 0.5) is 4.39 Å². The fourth-order valence-corrected chi connectivity index (χ4v) is 2.01. The average Bonchev–Trinajstić information content (AvgIpc) is 2.75. The first-order valence-electron chi connectivity index (χ1n) is 6.41. The lowest BCUT2D eigenvalue weighted by atomic mass is 10.2. The van der Waals surface area contributed by atoms with Gasteiger partial charge in [-0.05, 0) is 6.07 Å². The summed E-state index contributed by atoms with van der Waals surface area (Å²) in [7, 11) is 0. The molecule has 1 aliphatic heterocycles. The number of benzene rings is 1. The molecule has 0 radical (unpaired) electrons. The number of hydrogen-bond donors (Lipinski definition) is 1. The molecule has 0 saturated carbocycles. The molecular formula is C14H15FN2O3. The largest absolute Gasteiger partial charge is 0.352 e. The average molecular weight is 278 g/mol. The van der Waals surface area contributed by atoms with Gasteiger partial charge in [-0.2, -0.15) is 0 Å². The molecule has 0 unspecified atom stereocenters. The van der Waals surface area contributed by atoms with E-state index in [9.17, 15) is 18.8 Å². The van der Waals surface area contributed by atoms with E-state index < -0.39 is 0 Å². The topological polar surface area (TPSA) is 66.5 Å². The van der Waals surface area contributed by atoms with Crippen LogP contribution >= 0.6 is 0 Å². The molecule has 2 rings (SSSR count). The minimum Gasteiger partial charge on any atom is -0.352 e. The zero-order valence-electron chi connectivity index (χ0n) is 10.9. The Labute approximate surface area is 115 Å². The number of hydrogen-bond acceptors (Lipinski definition) is 3. The number of nitrogens with one attached hydrogen (secondary N) is 1. The summed E-state index contributed by atoms with van der Waals surface area (Å²) in [4.78, 5) is 35.4. The molecule has 0 spiro atoms. The molecule has 3 amide bonds. The summed E-state index contributed by atoms with van der Waals surface area (Å²) in [5.41, 5.74) is 0.397. The van der Waals surface area contributed by atoms with Crippen LogP contribution in [0.1, 0.15) is 24.8 Å². The maximum absolute atomic E-state index is 13.3. The minimum absolute atomic E-state index is 0.0337. The van der Waals surface area contributed by atoms with Gasteiger partial charge in [-0.1, -0.05) is 18.2 Å². The smallest absolute Gasteiger partial charge is 0.229 e. The van der Waals surface area contributed by atoms with Crippen LogP contribution < -0.4 is 5.32 Å². The maximum Gasteiger partial charge on any atom is 0.229 e. The Kier molecular flexibility index (Phi) is 4.45. The summed E-state index contributed by atoms with van der Waals surface area (Å²) in [5.74, 6) is -1.17. The van der Waals surface area contributed by atoms with Crippen LogP contribution in [0.15, 0.2) is 24.3 Å². The normalized spacial score (nSPS) is 14.8. The van der Waals surface area contributed by atoms with Crippen molar-refractivity contribution in [3.63, 3.8) is 0 Å². The van der Waals surface area contributed by atoms with E-state index in [1.54, 1.807) is 18.2 Å². The van der Waals surface area contributed by atoms with E-state index in [0.29, 0.717) is 5.56 Å². The van der Waals surface area contributed by atoms with Gasteiger partial charge in [0.1, 0.15) is 5.82 Å². The van der Waals surface area contributed by atoms with Gasteiger partial charge in [0, 0.05) is 37.9 Å². The molecular weight excluding hydrogens is 263 g/mol. The Morgan fingerprint density at radius 2 is 1.85 bits per heavy atom. The molecule has 1 aromatic carbocycles. The Morgan fingerprint density at radius 3 is 2.50 bits per heavy atom. The molecule has 0 aliphatic carbocycles. The summed E-state index contributed by atoms with van der Waals surface area (Å²) in [5, 5.41) is 2.57. The molecule has 1 aromatic rings. The van der Waals surface area contributed by atoms with Gasteiger partial charge in [-0.25, -0.2) is 4.39 Å². The molecule has 1 heterocycles. The third-order valence-corrected chi connectivity index (χ3v) is 3.15. The van der Waals surface area contributed by atoms with Crippen molar-refractivity contribution in [1.29, 1.82) is 0 Å². The van der Waals surface area contributed by atoms with Crippen LogP contribution in [-0.2, 0) is 20.9 Å². The predicted molar refractivity (Wildman–Crippen MR) is 68.8 cm³/mol. The first kappa shape index (κ1) is 14.2. The summed E-state index contributed by atoms with van der Waals surface area (Å²) in [6, 6.07) is 6.17. The molecule has 20 heavy (non-hydrogen) atoms. The predicted octanol–water partition coefficient (Wildman–Crippen LogP) is 0.981. The van der Waals surface area contributed by atoms with Gasteiger partial charge in [0.05, 0.1) is 0 Å². The van der Waals surface area contributed by atoms with Crippen molar-refractivity contribution in [2.75, 3.05) is 6.54 Å². The van der Waals surface area contributed by atoms with E-state index in [1.807, 2.05) is 0 Å². The Bertz CT molecular complexity index is 529. The van der Waals surface area contributed by atoms with Gasteiger partial charge < -0.3 is 5.32 Å². The lowest BCUT2D eigenvalue weighted by Gasteiger charge is -2.13. The number of carbonyl (C=O) groups is 3. The van der Waals surface area contributed by atoms with Gasteiger partial charge in [-0.3, -0.25) is 19.3 Å². The lowest BCUT2D eigenvalue weighted by molar-refractivity contribution is -0.138. The van der Waals surface area contributed by atoms with Crippen molar-refractivity contribution in [1.82, 2.24) is 10.2 Å². The van der Waals surface area contributed by atoms with Crippen molar-refractivity contribution >= 4 is 17.7 Å². The highest BCUT2D eigenvalue weighted by Crippen LogP contribution is 2.11. The van der Waals surface area contributed by atoms with Crippen LogP contribution in [0.25, 0.3) is 0 Å². The summed E-state index contributed by atoms with van der Waals surface area (Å²) < 4.78 is 13.3. The van der Waals surface area contributed by atoms with Crippen LogP contribution in [0.5, 0.6) is 0 Å². The van der Waals surface area contributed by atoms with Crippen molar-refractivity contribution in [3.05, 3.63) is 35.6 Å². The third-order valence-electron chi connectivity index (χ3n) is 3.15. The van der Waals surface area contributed by atoms with Crippen LogP contribution in [0.2, 0.25) is 0 Å². The second kappa shape index (κ2) is 6.27. The van der Waals surface area contributed by atoms with E-state index in [1.165, 1.54) is 6.07 Å². The highest BCUT2D eigenvalue weighted by molar-refractivity contribution is 6.02. The van der Waals surface area contributed by atoms with E-state index >= 15 is 0 Å². The highest BCUT2D eigenvalue weighted by atomic mass is 19.1. The van der Waals surface area contributed by atoms with Gasteiger partial charge >= 0.3 is 0 Å². The lowest BCUT2D eigenvalue weighted by Crippen LogP contribution is -2.34. The number of nitrogens with zero attached hydrogens (tertiary/aromatic N) is 1. The molecule has 0 atom stereocenters. The molecule has 1 saturated heterocycles. The van der Waals surface area contributed by atoms with Crippen molar-refractivity contribution in [3.8, 4) is 0 Å². The highest BCUT2D eigenvalue weighted by Gasteiger charge is 2.28. The number of imide groups is 1.